The summed E-state index contributed by atoms with van der Waals surface area (Å²) in [5.41, 5.74) is -0.582. The van der Waals surface area contributed by atoms with Crippen molar-refractivity contribution in [2.45, 2.75) is 91.6 Å². The lowest BCUT2D eigenvalue weighted by molar-refractivity contribution is -0.167. The van der Waals surface area contributed by atoms with Gasteiger partial charge in [-0.25, -0.2) is 0 Å². The first-order valence-electron chi connectivity index (χ1n) is 9.55. The van der Waals surface area contributed by atoms with Crippen molar-refractivity contribution in [1.82, 2.24) is 0 Å². The Morgan fingerprint density at radius 2 is 1.71 bits per heavy atom. The zero-order chi connectivity index (χ0) is 18.3. The predicted octanol–water partition coefficient (Wildman–Crippen LogP) is 5.05. The Bertz CT molecular complexity index is 402. The van der Waals surface area contributed by atoms with Gasteiger partial charge < -0.3 is 9.84 Å². The molecule has 4 heteroatoms. The summed E-state index contributed by atoms with van der Waals surface area (Å²) in [6.45, 7) is 9.50. The number of aliphatic carboxylic acids is 1. The molecule has 0 amide bonds. The molecule has 1 aliphatic carbocycles. The van der Waals surface area contributed by atoms with Crippen LogP contribution >= 0.6 is 0 Å². The minimum atomic E-state index is -0.875. The Hall–Kier alpha value is -1.06. The smallest absolute Gasteiger partial charge is 0.310 e. The van der Waals surface area contributed by atoms with E-state index in [9.17, 15) is 14.7 Å². The lowest BCUT2D eigenvalue weighted by Gasteiger charge is -2.28. The number of carbonyl (C=O) groups excluding carboxylic acids is 1. The van der Waals surface area contributed by atoms with Crippen molar-refractivity contribution < 1.29 is 19.4 Å². The van der Waals surface area contributed by atoms with Crippen LogP contribution in [0.15, 0.2) is 0 Å². The first kappa shape index (κ1) is 21.0. The van der Waals surface area contributed by atoms with Crippen molar-refractivity contribution in [2.24, 2.45) is 23.7 Å². The molecular formula is C20H36O4. The number of carboxylic acid groups (broad SMARTS) is 1. The van der Waals surface area contributed by atoms with Crippen LogP contribution in [0.25, 0.3) is 0 Å². The van der Waals surface area contributed by atoms with Gasteiger partial charge in [-0.15, -0.1) is 0 Å². The Morgan fingerprint density at radius 3 is 2.17 bits per heavy atom. The molecule has 0 radical (unpaired) electrons. The molecule has 1 aliphatic rings. The van der Waals surface area contributed by atoms with Gasteiger partial charge in [0, 0.05) is 0 Å². The summed E-state index contributed by atoms with van der Waals surface area (Å²) in [5, 5.41) is 9.64. The fourth-order valence-electron chi connectivity index (χ4n) is 3.73. The van der Waals surface area contributed by atoms with Gasteiger partial charge in [-0.3, -0.25) is 9.59 Å². The van der Waals surface area contributed by atoms with Crippen LogP contribution in [0.2, 0.25) is 0 Å². The van der Waals surface area contributed by atoms with Gasteiger partial charge in [0.05, 0.1) is 11.8 Å². The van der Waals surface area contributed by atoms with E-state index >= 15 is 0 Å². The monoisotopic (exact) mass is 340 g/mol. The van der Waals surface area contributed by atoms with E-state index in [-0.39, 0.29) is 11.9 Å². The molecule has 0 aromatic rings. The standard InChI is InChI=1S/C20H36O4/c1-14(2)13-17(18(21)22)16(19(23)24-20(3,4)5)12-8-11-15-9-6-7-10-15/h14-17H,6-13H2,1-5H3,(H,21,22)/t16-,17+/m0/s1. The van der Waals surface area contributed by atoms with Crippen LogP contribution in [0.4, 0.5) is 0 Å². The maximum Gasteiger partial charge on any atom is 0.310 e. The highest BCUT2D eigenvalue weighted by molar-refractivity contribution is 5.81. The minimum Gasteiger partial charge on any atom is -0.481 e. The minimum absolute atomic E-state index is 0.242. The van der Waals surface area contributed by atoms with E-state index in [1.54, 1.807) is 0 Å². The van der Waals surface area contributed by atoms with Gasteiger partial charge in [0.1, 0.15) is 5.60 Å². The Labute approximate surface area is 147 Å². The number of rotatable bonds is 9. The van der Waals surface area contributed by atoms with E-state index in [4.69, 9.17) is 4.74 Å². The zero-order valence-corrected chi connectivity index (χ0v) is 16.1. The topological polar surface area (TPSA) is 63.6 Å². The lowest BCUT2D eigenvalue weighted by Crippen LogP contribution is -2.36. The normalized spacial score (nSPS) is 18.6. The average Bonchev–Trinajstić information content (AvgIpc) is 2.92. The first-order chi connectivity index (χ1) is 11.1. The predicted molar refractivity (Wildman–Crippen MR) is 95.7 cm³/mol. The Balaban J connectivity index is 2.75. The Morgan fingerprint density at radius 1 is 1.12 bits per heavy atom. The summed E-state index contributed by atoms with van der Waals surface area (Å²) in [5.74, 6) is -1.40. The highest BCUT2D eigenvalue weighted by Gasteiger charge is 2.36. The van der Waals surface area contributed by atoms with E-state index in [2.05, 4.69) is 0 Å². The van der Waals surface area contributed by atoms with Gasteiger partial charge in [-0.05, 0) is 45.4 Å². The molecule has 1 rings (SSSR count). The second kappa shape index (κ2) is 9.43. The number of esters is 1. The van der Waals surface area contributed by atoms with Crippen LogP contribution in [-0.2, 0) is 14.3 Å². The maximum absolute atomic E-state index is 12.6. The van der Waals surface area contributed by atoms with E-state index < -0.39 is 23.4 Å². The first-order valence-corrected chi connectivity index (χ1v) is 9.55. The Kier molecular flexibility index (Phi) is 8.24. The SMILES string of the molecule is CC(C)C[C@@H](C(=O)O)[C@H](CCCC1CCCC1)C(=O)OC(C)(C)C. The van der Waals surface area contributed by atoms with Crippen molar-refractivity contribution in [3.63, 3.8) is 0 Å². The van der Waals surface area contributed by atoms with Crippen molar-refractivity contribution >= 4 is 11.9 Å². The molecule has 0 aromatic carbocycles. The van der Waals surface area contributed by atoms with Crippen LogP contribution in [0.3, 0.4) is 0 Å². The third kappa shape index (κ3) is 7.67. The quantitative estimate of drug-likeness (QED) is 0.596. The number of ether oxygens (including phenoxy) is 1. The fraction of sp³-hybridized carbons (Fsp3) is 0.900. The van der Waals surface area contributed by atoms with Crippen molar-refractivity contribution in [2.75, 3.05) is 0 Å². The molecule has 140 valence electrons. The van der Waals surface area contributed by atoms with Gasteiger partial charge in [-0.2, -0.15) is 0 Å². The summed E-state index contributed by atoms with van der Waals surface area (Å²) in [7, 11) is 0. The third-order valence-corrected chi connectivity index (χ3v) is 4.84. The van der Waals surface area contributed by atoms with Crippen LogP contribution < -0.4 is 0 Å². The summed E-state index contributed by atoms with van der Waals surface area (Å²) in [6.07, 6.45) is 8.34. The molecule has 24 heavy (non-hydrogen) atoms. The second-order valence-corrected chi connectivity index (χ2v) is 8.80. The number of carboxylic acids is 1. The molecule has 4 nitrogen and oxygen atoms in total. The summed E-state index contributed by atoms with van der Waals surface area (Å²) < 4.78 is 5.53. The molecule has 0 heterocycles. The number of hydrogen-bond donors (Lipinski definition) is 1. The molecule has 2 atom stereocenters. The number of carbonyl (C=O) groups is 2. The van der Waals surface area contributed by atoms with Gasteiger partial charge in [0.2, 0.25) is 0 Å². The molecule has 0 saturated heterocycles. The van der Waals surface area contributed by atoms with Crippen molar-refractivity contribution in [1.29, 1.82) is 0 Å². The highest BCUT2D eigenvalue weighted by atomic mass is 16.6. The summed E-state index contributed by atoms with van der Waals surface area (Å²) >= 11 is 0. The summed E-state index contributed by atoms with van der Waals surface area (Å²) in [6, 6.07) is 0. The van der Waals surface area contributed by atoms with Crippen LogP contribution in [0.1, 0.15) is 86.0 Å². The van der Waals surface area contributed by atoms with Crippen LogP contribution in [0.5, 0.6) is 0 Å². The molecule has 0 spiro atoms. The van der Waals surface area contributed by atoms with Crippen LogP contribution in [-0.4, -0.2) is 22.6 Å². The van der Waals surface area contributed by atoms with Crippen LogP contribution in [0, 0.1) is 23.7 Å². The van der Waals surface area contributed by atoms with E-state index in [0.717, 1.165) is 18.8 Å². The van der Waals surface area contributed by atoms with Gasteiger partial charge in [-0.1, -0.05) is 52.4 Å². The van der Waals surface area contributed by atoms with Gasteiger partial charge >= 0.3 is 11.9 Å². The molecule has 0 bridgehead atoms. The van der Waals surface area contributed by atoms with E-state index in [1.807, 2.05) is 34.6 Å². The zero-order valence-electron chi connectivity index (χ0n) is 16.1. The van der Waals surface area contributed by atoms with Crippen molar-refractivity contribution in [3.8, 4) is 0 Å². The van der Waals surface area contributed by atoms with E-state index in [0.29, 0.717) is 12.8 Å². The van der Waals surface area contributed by atoms with Gasteiger partial charge in [0.15, 0.2) is 0 Å². The average molecular weight is 341 g/mol. The number of hydrogen-bond acceptors (Lipinski definition) is 3. The third-order valence-electron chi connectivity index (χ3n) is 4.84. The molecule has 1 saturated carbocycles. The molecule has 1 fully saturated rings. The second-order valence-electron chi connectivity index (χ2n) is 8.80. The summed E-state index contributed by atoms with van der Waals surface area (Å²) in [4.78, 5) is 24.4. The molecular weight excluding hydrogens is 304 g/mol. The molecule has 0 aliphatic heterocycles. The maximum atomic E-state index is 12.6. The largest absolute Gasteiger partial charge is 0.481 e. The lowest BCUT2D eigenvalue weighted by atomic mass is 9.81. The highest BCUT2D eigenvalue weighted by Crippen LogP contribution is 2.32. The molecule has 1 N–H and O–H groups in total. The van der Waals surface area contributed by atoms with Gasteiger partial charge in [0.25, 0.3) is 0 Å². The van der Waals surface area contributed by atoms with Crippen molar-refractivity contribution in [3.05, 3.63) is 0 Å². The molecule has 0 unspecified atom stereocenters. The fourth-order valence-corrected chi connectivity index (χ4v) is 3.73. The molecule has 0 aromatic heterocycles. The van der Waals surface area contributed by atoms with E-state index in [1.165, 1.54) is 25.7 Å².